The molecule has 0 spiro atoms. The number of fused-ring (bicyclic) bond motifs is 15. The molecule has 13 rings (SSSR count). The SMILES string of the molecule is CC1(C)c2ccccc2-c2ccc(N(c3ccccc3)c3cccc(-c4ccc5sc6ccc7ccc8c(c9cccc%10c%11ccccc%11n8c%109)c7c6c5c4)c3)cc21.PS. The first-order chi connectivity index (χ1) is 29.5. The number of benzene rings is 9. The maximum atomic E-state index is 3.44. The minimum atomic E-state index is -0.0841. The Labute approximate surface area is 360 Å². The third kappa shape index (κ3) is 4.99. The maximum absolute atomic E-state index is 3.44. The highest BCUT2D eigenvalue weighted by Gasteiger charge is 2.35. The number of thiophene rings is 1. The molecule has 0 saturated heterocycles. The molecule has 9 aromatic carbocycles. The van der Waals surface area contributed by atoms with E-state index in [-0.39, 0.29) is 5.41 Å². The lowest BCUT2D eigenvalue weighted by molar-refractivity contribution is 0.660. The minimum Gasteiger partial charge on any atom is -0.310 e. The zero-order chi connectivity index (χ0) is 40.3. The Morgan fingerprint density at radius 1 is 0.467 bits per heavy atom. The van der Waals surface area contributed by atoms with Gasteiger partial charge in [0, 0.05) is 69.6 Å². The highest BCUT2D eigenvalue weighted by Crippen LogP contribution is 2.51. The van der Waals surface area contributed by atoms with E-state index in [1.165, 1.54) is 102 Å². The van der Waals surface area contributed by atoms with Crippen LogP contribution < -0.4 is 4.90 Å². The molecule has 0 radical (unpaired) electrons. The van der Waals surface area contributed by atoms with Crippen molar-refractivity contribution in [3.05, 3.63) is 193 Å². The van der Waals surface area contributed by atoms with Crippen molar-refractivity contribution in [3.63, 3.8) is 0 Å². The summed E-state index contributed by atoms with van der Waals surface area (Å²) in [5, 5.41) is 10.6. The number of anilines is 3. The lowest BCUT2D eigenvalue weighted by atomic mass is 9.82. The van der Waals surface area contributed by atoms with Crippen LogP contribution >= 0.6 is 32.0 Å². The van der Waals surface area contributed by atoms with Crippen LogP contribution in [0, 0.1) is 0 Å². The van der Waals surface area contributed by atoms with Gasteiger partial charge in [-0.05, 0) is 105 Å². The summed E-state index contributed by atoms with van der Waals surface area (Å²) >= 11 is 5.34. The fourth-order valence-corrected chi connectivity index (χ4v) is 11.6. The van der Waals surface area contributed by atoms with Crippen molar-refractivity contribution >= 4 is 118 Å². The van der Waals surface area contributed by atoms with Gasteiger partial charge in [0.15, 0.2) is 0 Å². The molecule has 60 heavy (non-hydrogen) atoms. The zero-order valence-electron chi connectivity index (χ0n) is 33.1. The van der Waals surface area contributed by atoms with E-state index in [2.05, 4.69) is 226 Å². The van der Waals surface area contributed by atoms with E-state index in [9.17, 15) is 0 Å². The summed E-state index contributed by atoms with van der Waals surface area (Å²) in [6, 6.07) is 67.9. The Balaban J connectivity index is 0.00000191. The Kier molecular flexibility index (Phi) is 8.00. The first-order valence-electron chi connectivity index (χ1n) is 20.4. The lowest BCUT2D eigenvalue weighted by Crippen LogP contribution is -2.16. The number of nitrogens with zero attached hydrogens (tertiary/aromatic N) is 2. The molecular formula is C55H39N2PS2. The fourth-order valence-electron chi connectivity index (χ4n) is 10.5. The minimum absolute atomic E-state index is 0.0841. The number of aromatic nitrogens is 1. The monoisotopic (exact) mass is 822 g/mol. The molecule has 12 aromatic rings. The van der Waals surface area contributed by atoms with Crippen molar-refractivity contribution in [1.82, 2.24) is 4.40 Å². The molecule has 1 aliphatic rings. The summed E-state index contributed by atoms with van der Waals surface area (Å²) in [6.07, 6.45) is 0. The highest BCUT2D eigenvalue weighted by atomic mass is 32.7. The molecule has 1 atom stereocenters. The van der Waals surface area contributed by atoms with Crippen LogP contribution in [0.15, 0.2) is 182 Å². The van der Waals surface area contributed by atoms with E-state index in [0.29, 0.717) is 0 Å². The van der Waals surface area contributed by atoms with Crippen molar-refractivity contribution in [3.8, 4) is 22.3 Å². The van der Waals surface area contributed by atoms with E-state index >= 15 is 0 Å². The largest absolute Gasteiger partial charge is 0.310 e. The molecule has 2 nitrogen and oxygen atoms in total. The average Bonchev–Trinajstić information content (AvgIpc) is 4.02. The molecule has 0 bridgehead atoms. The van der Waals surface area contributed by atoms with Crippen molar-refractivity contribution in [2.45, 2.75) is 19.3 Å². The smallest absolute Gasteiger partial charge is 0.0620 e. The number of hydrogen-bond acceptors (Lipinski definition) is 3. The molecule has 0 amide bonds. The van der Waals surface area contributed by atoms with Crippen LogP contribution in [-0.2, 0) is 5.41 Å². The second kappa shape index (κ2) is 13.4. The van der Waals surface area contributed by atoms with Crippen molar-refractivity contribution in [2.75, 3.05) is 4.90 Å². The summed E-state index contributed by atoms with van der Waals surface area (Å²) in [4.78, 5) is 2.41. The van der Waals surface area contributed by atoms with Gasteiger partial charge < -0.3 is 9.30 Å². The molecule has 1 unspecified atom stereocenters. The highest BCUT2D eigenvalue weighted by molar-refractivity contribution is 8.31. The Morgan fingerprint density at radius 3 is 2.05 bits per heavy atom. The van der Waals surface area contributed by atoms with Crippen LogP contribution in [0.5, 0.6) is 0 Å². The second-order valence-electron chi connectivity index (χ2n) is 16.5. The Hall–Kier alpha value is -6.16. The predicted octanol–water partition coefficient (Wildman–Crippen LogP) is 16.5. The van der Waals surface area contributed by atoms with Crippen LogP contribution in [0.1, 0.15) is 25.0 Å². The van der Waals surface area contributed by atoms with Crippen molar-refractivity contribution in [1.29, 1.82) is 0 Å². The average molecular weight is 823 g/mol. The first kappa shape index (κ1) is 35.8. The summed E-state index contributed by atoms with van der Waals surface area (Å²) in [5.41, 5.74) is 15.1. The first-order valence-corrected chi connectivity index (χ1v) is 23.3. The van der Waals surface area contributed by atoms with Gasteiger partial charge in [0.1, 0.15) is 0 Å². The molecule has 5 heteroatoms. The van der Waals surface area contributed by atoms with Gasteiger partial charge in [0.2, 0.25) is 0 Å². The van der Waals surface area contributed by atoms with Crippen LogP contribution in [0.2, 0.25) is 0 Å². The molecule has 0 fully saturated rings. The van der Waals surface area contributed by atoms with Gasteiger partial charge in [-0.2, -0.15) is 12.2 Å². The van der Waals surface area contributed by atoms with Crippen LogP contribution in [-0.4, -0.2) is 4.40 Å². The molecular weight excluding hydrogens is 784 g/mol. The van der Waals surface area contributed by atoms with E-state index < -0.39 is 0 Å². The topological polar surface area (TPSA) is 7.65 Å². The predicted molar refractivity (Wildman–Crippen MR) is 268 cm³/mol. The number of hydrogen-bond donors (Lipinski definition) is 1. The normalized spacial score (nSPS) is 13.1. The summed E-state index contributed by atoms with van der Waals surface area (Å²) < 4.78 is 5.14. The van der Waals surface area contributed by atoms with Gasteiger partial charge in [-0.1, -0.05) is 138 Å². The fraction of sp³-hybridized carbons (Fsp3) is 0.0545. The summed E-state index contributed by atoms with van der Waals surface area (Å²) in [5.74, 6) is 0. The van der Waals surface area contributed by atoms with Gasteiger partial charge >= 0.3 is 0 Å². The standard InChI is InChI=1S/C55H36N2S.H3PS/c1-55(2)45-20-8-6-16-39(45)40-26-25-38(32-46(40)55)56(36-13-4-3-5-14-36)37-15-10-12-34(30-37)35-24-28-49-44(31-35)53-50(58-49)29-23-33-22-27-48-52(51(33)53)43-19-11-18-42-41-17-7-9-21-47(41)57(48)54(42)43;1-2/h3-32H,1-2H3;2H,1H2. The quantitative estimate of drug-likeness (QED) is 0.137. The van der Waals surface area contributed by atoms with Crippen LogP contribution in [0.3, 0.4) is 0 Å². The second-order valence-corrected chi connectivity index (χ2v) is 17.6. The third-order valence-electron chi connectivity index (χ3n) is 13.1. The lowest BCUT2D eigenvalue weighted by Gasteiger charge is -2.28. The zero-order valence-corrected chi connectivity index (χ0v) is 36.0. The van der Waals surface area contributed by atoms with Crippen LogP contribution in [0.25, 0.3) is 91.3 Å². The van der Waals surface area contributed by atoms with Gasteiger partial charge in [-0.25, -0.2) is 0 Å². The molecule has 286 valence electrons. The number of rotatable bonds is 4. The van der Waals surface area contributed by atoms with E-state index in [1.54, 1.807) is 0 Å². The van der Waals surface area contributed by atoms with E-state index in [0.717, 1.165) is 17.1 Å². The molecule has 3 aromatic heterocycles. The maximum Gasteiger partial charge on any atom is 0.0620 e. The molecule has 0 aliphatic heterocycles. The van der Waals surface area contributed by atoms with Gasteiger partial charge in [0.05, 0.1) is 16.6 Å². The molecule has 1 aliphatic carbocycles. The molecule has 3 heterocycles. The van der Waals surface area contributed by atoms with Crippen molar-refractivity contribution < 1.29 is 0 Å². The van der Waals surface area contributed by atoms with E-state index in [4.69, 9.17) is 0 Å². The number of para-hydroxylation sites is 3. The summed E-state index contributed by atoms with van der Waals surface area (Å²) in [6.45, 7) is 4.72. The number of thiol groups is 1. The van der Waals surface area contributed by atoms with Gasteiger partial charge in [-0.15, -0.1) is 11.3 Å². The van der Waals surface area contributed by atoms with Crippen molar-refractivity contribution in [2.24, 2.45) is 0 Å². The van der Waals surface area contributed by atoms with Gasteiger partial charge in [-0.3, -0.25) is 0 Å². The molecule has 0 saturated carbocycles. The van der Waals surface area contributed by atoms with Gasteiger partial charge in [0.25, 0.3) is 0 Å². The Morgan fingerprint density at radius 2 is 1.15 bits per heavy atom. The third-order valence-corrected chi connectivity index (χ3v) is 14.2. The van der Waals surface area contributed by atoms with E-state index in [1.807, 2.05) is 11.3 Å². The molecule has 0 N–H and O–H groups in total. The van der Waals surface area contributed by atoms with Crippen LogP contribution in [0.4, 0.5) is 17.1 Å². The Bertz CT molecular complexity index is 3670. The summed E-state index contributed by atoms with van der Waals surface area (Å²) in [7, 11) is 2.11.